The van der Waals surface area contributed by atoms with Gasteiger partial charge in [-0.1, -0.05) is 29.8 Å². The minimum absolute atomic E-state index is 0.109. The Morgan fingerprint density at radius 1 is 1.09 bits per heavy atom. The molecular formula is C17H12N2O3. The maximum absolute atomic E-state index is 12.4. The zero-order valence-corrected chi connectivity index (χ0v) is 11.8. The van der Waals surface area contributed by atoms with Crippen molar-refractivity contribution in [2.75, 3.05) is 0 Å². The monoisotopic (exact) mass is 292 g/mol. The van der Waals surface area contributed by atoms with E-state index in [1.54, 1.807) is 12.1 Å². The van der Waals surface area contributed by atoms with Gasteiger partial charge < -0.3 is 0 Å². The van der Waals surface area contributed by atoms with Gasteiger partial charge in [-0.15, -0.1) is 0 Å². The van der Waals surface area contributed by atoms with Crippen LogP contribution in [-0.2, 0) is 0 Å². The van der Waals surface area contributed by atoms with E-state index < -0.39 is 4.92 Å². The number of aryl methyl sites for hydroxylation is 1. The zero-order chi connectivity index (χ0) is 15.7. The second kappa shape index (κ2) is 5.37. The van der Waals surface area contributed by atoms with Crippen molar-refractivity contribution in [3.63, 3.8) is 0 Å². The molecule has 108 valence electrons. The van der Waals surface area contributed by atoms with Crippen molar-refractivity contribution in [3.8, 4) is 0 Å². The van der Waals surface area contributed by atoms with Gasteiger partial charge in [-0.2, -0.15) is 0 Å². The topological polar surface area (TPSA) is 73.1 Å². The van der Waals surface area contributed by atoms with Crippen molar-refractivity contribution in [2.45, 2.75) is 6.92 Å². The molecule has 0 unspecified atom stereocenters. The molecule has 5 nitrogen and oxygen atoms in total. The molecule has 0 saturated carbocycles. The summed E-state index contributed by atoms with van der Waals surface area (Å²) in [5, 5.41) is 11.8. The van der Waals surface area contributed by atoms with Gasteiger partial charge in [0.1, 0.15) is 5.69 Å². The molecule has 0 aliphatic heterocycles. The first-order valence-electron chi connectivity index (χ1n) is 6.71. The normalized spacial score (nSPS) is 10.6. The highest BCUT2D eigenvalue weighted by Gasteiger charge is 2.14. The predicted octanol–water partition coefficient (Wildman–Crippen LogP) is 3.68. The molecule has 0 amide bonds. The molecule has 1 aromatic heterocycles. The number of aromatic nitrogens is 1. The summed E-state index contributed by atoms with van der Waals surface area (Å²) in [4.78, 5) is 27.1. The molecule has 0 bridgehead atoms. The number of benzene rings is 2. The Morgan fingerprint density at radius 2 is 1.91 bits per heavy atom. The Morgan fingerprint density at radius 3 is 2.68 bits per heavy atom. The van der Waals surface area contributed by atoms with Crippen molar-refractivity contribution in [3.05, 3.63) is 81.5 Å². The number of non-ortho nitro benzene ring substituents is 1. The van der Waals surface area contributed by atoms with Gasteiger partial charge in [-0.3, -0.25) is 14.9 Å². The number of carbonyl (C=O) groups excluding carboxylic acids is 1. The minimum atomic E-state index is -0.520. The Hall–Kier alpha value is -3.08. The van der Waals surface area contributed by atoms with Gasteiger partial charge >= 0.3 is 0 Å². The molecule has 5 heteroatoms. The molecule has 3 aromatic rings. The molecule has 22 heavy (non-hydrogen) atoms. The summed E-state index contributed by atoms with van der Waals surface area (Å²) in [5.74, 6) is -0.328. The first-order valence-corrected chi connectivity index (χ1v) is 6.71. The molecular weight excluding hydrogens is 280 g/mol. The molecule has 0 aliphatic carbocycles. The van der Waals surface area contributed by atoms with Crippen LogP contribution in [0.2, 0.25) is 0 Å². The Balaban J connectivity index is 2.03. The van der Waals surface area contributed by atoms with Crippen LogP contribution < -0.4 is 0 Å². The van der Waals surface area contributed by atoms with Gasteiger partial charge in [-0.05, 0) is 25.1 Å². The highest BCUT2D eigenvalue weighted by Crippen LogP contribution is 2.19. The van der Waals surface area contributed by atoms with E-state index in [9.17, 15) is 14.9 Å². The lowest BCUT2D eigenvalue weighted by Gasteiger charge is -2.03. The molecule has 0 atom stereocenters. The summed E-state index contributed by atoms with van der Waals surface area (Å²) in [6.45, 7) is 1.99. The van der Waals surface area contributed by atoms with Gasteiger partial charge in [-0.25, -0.2) is 4.98 Å². The Kier molecular flexibility index (Phi) is 3.39. The number of ketones is 1. The van der Waals surface area contributed by atoms with E-state index in [4.69, 9.17) is 0 Å². The smallest absolute Gasteiger partial charge is 0.270 e. The van der Waals surface area contributed by atoms with Crippen LogP contribution in [0, 0.1) is 17.0 Å². The van der Waals surface area contributed by atoms with Crippen LogP contribution in [0.15, 0.2) is 54.6 Å². The van der Waals surface area contributed by atoms with E-state index in [1.165, 1.54) is 18.2 Å². The highest BCUT2D eigenvalue weighted by atomic mass is 16.6. The summed E-state index contributed by atoms with van der Waals surface area (Å²) < 4.78 is 0. The molecule has 0 aliphatic rings. The largest absolute Gasteiger partial charge is 0.287 e. The van der Waals surface area contributed by atoms with Gasteiger partial charge in [0.2, 0.25) is 5.78 Å². The molecule has 0 N–H and O–H groups in total. The van der Waals surface area contributed by atoms with Crippen molar-refractivity contribution < 1.29 is 9.72 Å². The van der Waals surface area contributed by atoms with Crippen LogP contribution >= 0.6 is 0 Å². The number of hydrogen-bond acceptors (Lipinski definition) is 4. The number of rotatable bonds is 3. The second-order valence-electron chi connectivity index (χ2n) is 5.03. The lowest BCUT2D eigenvalue weighted by Crippen LogP contribution is -2.04. The third-order valence-electron chi connectivity index (χ3n) is 3.40. The van der Waals surface area contributed by atoms with Crippen LogP contribution in [0.4, 0.5) is 5.69 Å². The van der Waals surface area contributed by atoms with Crippen LogP contribution in [0.25, 0.3) is 10.9 Å². The predicted molar refractivity (Wildman–Crippen MR) is 83.0 cm³/mol. The average molecular weight is 292 g/mol. The Bertz CT molecular complexity index is 903. The summed E-state index contributed by atoms with van der Waals surface area (Å²) in [6.07, 6.45) is 0. The number of pyridine rings is 1. The number of nitro benzene ring substituents is 1. The van der Waals surface area contributed by atoms with Crippen LogP contribution in [0.5, 0.6) is 0 Å². The van der Waals surface area contributed by atoms with Crippen molar-refractivity contribution in [2.24, 2.45) is 0 Å². The summed E-state index contributed by atoms with van der Waals surface area (Å²) >= 11 is 0. The summed E-state index contributed by atoms with van der Waals surface area (Å²) in [5.41, 5.74) is 2.27. The van der Waals surface area contributed by atoms with E-state index >= 15 is 0 Å². The number of nitrogens with zero attached hydrogens (tertiary/aromatic N) is 2. The van der Waals surface area contributed by atoms with Crippen LogP contribution in [-0.4, -0.2) is 15.7 Å². The third kappa shape index (κ3) is 2.56. The average Bonchev–Trinajstić information content (AvgIpc) is 2.53. The maximum atomic E-state index is 12.4. The van der Waals surface area contributed by atoms with Gasteiger partial charge in [0.25, 0.3) is 5.69 Å². The Labute approximate surface area is 126 Å². The second-order valence-corrected chi connectivity index (χ2v) is 5.03. The fourth-order valence-electron chi connectivity index (χ4n) is 2.28. The van der Waals surface area contributed by atoms with Crippen LogP contribution in [0.3, 0.4) is 0 Å². The van der Waals surface area contributed by atoms with Crippen LogP contribution in [0.1, 0.15) is 21.6 Å². The lowest BCUT2D eigenvalue weighted by molar-refractivity contribution is -0.384. The van der Waals surface area contributed by atoms with Gasteiger partial charge in [0.15, 0.2) is 0 Å². The van der Waals surface area contributed by atoms with E-state index in [0.29, 0.717) is 0 Å². The number of hydrogen-bond donors (Lipinski definition) is 0. The van der Waals surface area contributed by atoms with E-state index in [-0.39, 0.29) is 22.7 Å². The quantitative estimate of drug-likeness (QED) is 0.419. The standard InChI is InChI=1S/C17H12N2O3/c1-11-5-7-15-12(9-11)6-8-16(18-15)17(20)13-3-2-4-14(10-13)19(21)22/h2-10H,1H3. The van der Waals surface area contributed by atoms with Gasteiger partial charge in [0.05, 0.1) is 10.4 Å². The minimum Gasteiger partial charge on any atom is -0.287 e. The highest BCUT2D eigenvalue weighted by molar-refractivity contribution is 6.08. The first-order chi connectivity index (χ1) is 10.5. The number of nitro groups is 1. The SMILES string of the molecule is Cc1ccc2nc(C(=O)c3cccc([N+](=O)[O-])c3)ccc2c1. The third-order valence-corrected chi connectivity index (χ3v) is 3.40. The molecule has 0 spiro atoms. The van der Waals surface area contributed by atoms with Crippen molar-refractivity contribution in [1.82, 2.24) is 4.98 Å². The fourth-order valence-corrected chi connectivity index (χ4v) is 2.28. The van der Waals surface area contributed by atoms with Crippen molar-refractivity contribution in [1.29, 1.82) is 0 Å². The summed E-state index contributed by atoms with van der Waals surface area (Å²) in [7, 11) is 0. The van der Waals surface area contributed by atoms with Gasteiger partial charge in [0, 0.05) is 23.1 Å². The molecule has 0 saturated heterocycles. The molecule has 1 heterocycles. The molecule has 2 aromatic carbocycles. The number of fused-ring (bicyclic) bond motifs is 1. The first kappa shape index (κ1) is 13.9. The lowest BCUT2D eigenvalue weighted by atomic mass is 10.1. The molecule has 0 radical (unpaired) electrons. The maximum Gasteiger partial charge on any atom is 0.270 e. The summed E-state index contributed by atoms with van der Waals surface area (Å²) in [6, 6.07) is 14.9. The van der Waals surface area contributed by atoms with E-state index in [1.807, 2.05) is 31.2 Å². The number of carbonyl (C=O) groups is 1. The zero-order valence-electron chi connectivity index (χ0n) is 11.8. The molecule has 0 fully saturated rings. The molecule has 3 rings (SSSR count). The van der Waals surface area contributed by atoms with E-state index in [0.717, 1.165) is 16.5 Å². The van der Waals surface area contributed by atoms with Crippen molar-refractivity contribution >= 4 is 22.4 Å². The van der Waals surface area contributed by atoms with E-state index in [2.05, 4.69) is 4.98 Å². The fraction of sp³-hybridized carbons (Fsp3) is 0.0588.